The van der Waals surface area contributed by atoms with Gasteiger partial charge in [-0.25, -0.2) is 14.8 Å². The number of ether oxygens (including phenoxy) is 1. The van der Waals surface area contributed by atoms with E-state index in [1.807, 2.05) is 6.92 Å². The molecule has 0 saturated heterocycles. The van der Waals surface area contributed by atoms with Crippen LogP contribution in [0.5, 0.6) is 0 Å². The molecular weight excluding hydrogens is 356 g/mol. The van der Waals surface area contributed by atoms with E-state index >= 15 is 0 Å². The summed E-state index contributed by atoms with van der Waals surface area (Å²) >= 11 is 0. The second-order valence-electron chi connectivity index (χ2n) is 6.95. The molecule has 7 heteroatoms. The van der Waals surface area contributed by atoms with Crippen LogP contribution in [-0.4, -0.2) is 34.5 Å². The second kappa shape index (κ2) is 9.30. The van der Waals surface area contributed by atoms with Crippen LogP contribution in [0.25, 0.3) is 0 Å². The molecule has 2 aromatic rings. The van der Waals surface area contributed by atoms with Gasteiger partial charge >= 0.3 is 5.97 Å². The third-order valence-electron chi connectivity index (χ3n) is 4.68. The minimum Gasteiger partial charge on any atom is -0.462 e. The van der Waals surface area contributed by atoms with Crippen molar-refractivity contribution < 1.29 is 14.3 Å². The maximum Gasteiger partial charge on any atom is 0.338 e. The molecule has 1 aliphatic rings. The maximum absolute atomic E-state index is 12.6. The van der Waals surface area contributed by atoms with Crippen molar-refractivity contribution >= 4 is 23.5 Å². The smallest absolute Gasteiger partial charge is 0.338 e. The van der Waals surface area contributed by atoms with Gasteiger partial charge in [0.2, 0.25) is 5.95 Å². The summed E-state index contributed by atoms with van der Waals surface area (Å²) in [7, 11) is 0. The number of hydrogen-bond donors (Lipinski definition) is 2. The molecule has 148 valence electrons. The molecule has 1 saturated carbocycles. The first-order valence-electron chi connectivity index (χ1n) is 9.76. The van der Waals surface area contributed by atoms with Crippen molar-refractivity contribution in [2.45, 2.75) is 52.0 Å². The van der Waals surface area contributed by atoms with Crippen LogP contribution in [0.3, 0.4) is 0 Å². The highest BCUT2D eigenvalue weighted by atomic mass is 16.5. The van der Waals surface area contributed by atoms with E-state index in [0.29, 0.717) is 29.5 Å². The lowest BCUT2D eigenvalue weighted by Crippen LogP contribution is -2.36. The Balaban J connectivity index is 1.68. The van der Waals surface area contributed by atoms with Gasteiger partial charge in [-0.3, -0.25) is 4.79 Å². The summed E-state index contributed by atoms with van der Waals surface area (Å²) in [6.07, 6.45) is 5.59. The SMILES string of the molecule is CCOC(=O)c1ccc(Nc2nc(C)cc(C(=O)NC3CCCCC3)n2)cc1. The molecule has 2 N–H and O–H groups in total. The van der Waals surface area contributed by atoms with Crippen molar-refractivity contribution in [2.75, 3.05) is 11.9 Å². The molecule has 0 atom stereocenters. The molecule has 1 fully saturated rings. The Kier molecular flexibility index (Phi) is 6.57. The molecule has 28 heavy (non-hydrogen) atoms. The third-order valence-corrected chi connectivity index (χ3v) is 4.68. The minimum absolute atomic E-state index is 0.168. The van der Waals surface area contributed by atoms with E-state index in [-0.39, 0.29) is 17.9 Å². The highest BCUT2D eigenvalue weighted by Crippen LogP contribution is 2.19. The predicted molar refractivity (Wildman–Crippen MR) is 107 cm³/mol. The number of carbonyl (C=O) groups excluding carboxylic acids is 2. The van der Waals surface area contributed by atoms with Gasteiger partial charge in [-0.05, 0) is 57.0 Å². The normalized spacial score (nSPS) is 14.4. The monoisotopic (exact) mass is 382 g/mol. The number of anilines is 2. The Morgan fingerprint density at radius 2 is 1.82 bits per heavy atom. The van der Waals surface area contributed by atoms with Crippen molar-refractivity contribution in [1.82, 2.24) is 15.3 Å². The first kappa shape index (κ1) is 19.8. The molecule has 0 spiro atoms. The van der Waals surface area contributed by atoms with Gasteiger partial charge in [0.1, 0.15) is 5.69 Å². The fourth-order valence-corrected chi connectivity index (χ4v) is 3.28. The number of hydrogen-bond acceptors (Lipinski definition) is 6. The van der Waals surface area contributed by atoms with Crippen LogP contribution in [-0.2, 0) is 4.74 Å². The van der Waals surface area contributed by atoms with Crippen LogP contribution >= 0.6 is 0 Å². The lowest BCUT2D eigenvalue weighted by molar-refractivity contribution is 0.0526. The number of carbonyl (C=O) groups is 2. The number of esters is 1. The van der Waals surface area contributed by atoms with E-state index in [9.17, 15) is 9.59 Å². The average molecular weight is 382 g/mol. The Bertz CT molecular complexity index is 830. The Hall–Kier alpha value is -2.96. The molecule has 0 bridgehead atoms. The van der Waals surface area contributed by atoms with Crippen LogP contribution < -0.4 is 10.6 Å². The van der Waals surface area contributed by atoms with E-state index in [1.165, 1.54) is 6.42 Å². The lowest BCUT2D eigenvalue weighted by Gasteiger charge is -2.22. The number of amides is 1. The molecule has 3 rings (SSSR count). The van der Waals surface area contributed by atoms with Crippen molar-refractivity contribution in [3.8, 4) is 0 Å². The van der Waals surface area contributed by atoms with E-state index in [2.05, 4.69) is 20.6 Å². The summed E-state index contributed by atoms with van der Waals surface area (Å²) in [5.41, 5.74) is 2.25. The first-order valence-corrected chi connectivity index (χ1v) is 9.76. The summed E-state index contributed by atoms with van der Waals surface area (Å²) in [6, 6.07) is 8.76. The summed E-state index contributed by atoms with van der Waals surface area (Å²) in [5.74, 6) is -0.182. The highest BCUT2D eigenvalue weighted by molar-refractivity contribution is 5.93. The average Bonchev–Trinajstić information content (AvgIpc) is 2.69. The number of rotatable bonds is 6. The van der Waals surface area contributed by atoms with Crippen molar-refractivity contribution in [3.63, 3.8) is 0 Å². The highest BCUT2D eigenvalue weighted by Gasteiger charge is 2.18. The molecule has 7 nitrogen and oxygen atoms in total. The second-order valence-corrected chi connectivity index (χ2v) is 6.95. The standard InChI is InChI=1S/C21H26N4O3/c1-3-28-20(27)15-9-11-17(12-10-15)24-21-22-14(2)13-18(25-21)19(26)23-16-7-5-4-6-8-16/h9-13,16H,3-8H2,1-2H3,(H,23,26)(H,22,24,25). The summed E-state index contributed by atoms with van der Waals surface area (Å²) < 4.78 is 4.98. The van der Waals surface area contributed by atoms with Gasteiger partial charge < -0.3 is 15.4 Å². The van der Waals surface area contributed by atoms with Gasteiger partial charge in [-0.1, -0.05) is 19.3 Å². The van der Waals surface area contributed by atoms with Crippen molar-refractivity contribution in [1.29, 1.82) is 0 Å². The Labute approximate surface area is 164 Å². The third kappa shape index (κ3) is 5.28. The van der Waals surface area contributed by atoms with Gasteiger partial charge in [0.25, 0.3) is 5.91 Å². The van der Waals surface area contributed by atoms with Gasteiger partial charge in [0.05, 0.1) is 12.2 Å². The van der Waals surface area contributed by atoms with Gasteiger partial charge in [-0.15, -0.1) is 0 Å². The molecule has 1 aliphatic carbocycles. The van der Waals surface area contributed by atoms with Gasteiger partial charge in [0, 0.05) is 17.4 Å². The van der Waals surface area contributed by atoms with E-state index < -0.39 is 0 Å². The maximum atomic E-state index is 12.6. The lowest BCUT2D eigenvalue weighted by atomic mass is 9.95. The number of aryl methyl sites for hydroxylation is 1. The summed E-state index contributed by atoms with van der Waals surface area (Å²) in [5, 5.41) is 6.16. The largest absolute Gasteiger partial charge is 0.462 e. The van der Waals surface area contributed by atoms with Crippen molar-refractivity contribution in [3.05, 3.63) is 47.3 Å². The fourth-order valence-electron chi connectivity index (χ4n) is 3.28. The topological polar surface area (TPSA) is 93.2 Å². The molecular formula is C21H26N4O3. The van der Waals surface area contributed by atoms with Gasteiger partial charge in [0.15, 0.2) is 0 Å². The van der Waals surface area contributed by atoms with Crippen LogP contribution in [0.4, 0.5) is 11.6 Å². The molecule has 1 aromatic carbocycles. The predicted octanol–water partition coefficient (Wildman–Crippen LogP) is 3.77. The first-order chi connectivity index (χ1) is 13.5. The van der Waals surface area contributed by atoms with Crippen molar-refractivity contribution in [2.24, 2.45) is 0 Å². The van der Waals surface area contributed by atoms with Crippen LogP contribution in [0.15, 0.2) is 30.3 Å². The van der Waals surface area contributed by atoms with E-state index in [0.717, 1.165) is 31.4 Å². The molecule has 0 unspecified atom stereocenters. The van der Waals surface area contributed by atoms with E-state index in [1.54, 1.807) is 37.3 Å². The number of nitrogens with one attached hydrogen (secondary N) is 2. The number of nitrogens with zero attached hydrogens (tertiary/aromatic N) is 2. The van der Waals surface area contributed by atoms with Gasteiger partial charge in [-0.2, -0.15) is 0 Å². The number of benzene rings is 1. The van der Waals surface area contributed by atoms with Crippen LogP contribution in [0.1, 0.15) is 65.6 Å². The molecule has 0 aliphatic heterocycles. The molecule has 0 radical (unpaired) electrons. The zero-order valence-electron chi connectivity index (χ0n) is 16.3. The summed E-state index contributed by atoms with van der Waals surface area (Å²) in [4.78, 5) is 33.0. The summed E-state index contributed by atoms with van der Waals surface area (Å²) in [6.45, 7) is 3.93. The minimum atomic E-state index is -0.359. The quantitative estimate of drug-likeness (QED) is 0.739. The zero-order chi connectivity index (χ0) is 19.9. The Morgan fingerprint density at radius 1 is 1.11 bits per heavy atom. The fraction of sp³-hybridized carbons (Fsp3) is 0.429. The Morgan fingerprint density at radius 3 is 2.50 bits per heavy atom. The zero-order valence-corrected chi connectivity index (χ0v) is 16.3. The van der Waals surface area contributed by atoms with E-state index in [4.69, 9.17) is 4.74 Å². The molecule has 1 aromatic heterocycles. The molecule has 1 heterocycles. The van der Waals surface area contributed by atoms with Crippen LogP contribution in [0, 0.1) is 6.92 Å². The van der Waals surface area contributed by atoms with Crippen LogP contribution in [0.2, 0.25) is 0 Å². The number of aromatic nitrogens is 2. The molecule has 1 amide bonds.